The van der Waals surface area contributed by atoms with Gasteiger partial charge in [0.05, 0.1) is 7.11 Å². The van der Waals surface area contributed by atoms with E-state index in [1.165, 1.54) is 50.0 Å². The summed E-state index contributed by atoms with van der Waals surface area (Å²) >= 11 is 0. The fraction of sp³-hybridized carbons (Fsp3) is 0.500. The van der Waals surface area contributed by atoms with Crippen molar-refractivity contribution in [1.82, 2.24) is 0 Å². The first-order valence-corrected chi connectivity index (χ1v) is 13.4. The van der Waals surface area contributed by atoms with Gasteiger partial charge in [0.2, 0.25) is 0 Å². The average molecular weight is 513 g/mol. The molecule has 1 aliphatic carbocycles. The van der Waals surface area contributed by atoms with E-state index in [4.69, 9.17) is 5.11 Å². The molecule has 0 amide bonds. The van der Waals surface area contributed by atoms with Crippen LogP contribution < -0.4 is 0 Å². The van der Waals surface area contributed by atoms with Crippen LogP contribution in [-0.4, -0.2) is 24.8 Å². The molecule has 1 N–H and O–H groups in total. The third kappa shape index (κ3) is 33.3. The minimum Gasteiger partial charge on any atom is -0.469 e. The molecule has 0 fully saturated rings. The number of unbranched alkanes of at least 4 members (excludes halogenated alkanes) is 1. The molecule has 0 spiro atoms. The summed E-state index contributed by atoms with van der Waals surface area (Å²) < 4.78 is 4.11. The molecule has 0 saturated heterocycles. The highest BCUT2D eigenvalue weighted by atomic mass is 16.5. The highest BCUT2D eigenvalue weighted by Gasteiger charge is 2.11. The fourth-order valence-corrected chi connectivity index (χ4v) is 2.75. The molecule has 37 heavy (non-hydrogen) atoms. The standard InChI is InChI=1S/2C10H16.C7H8.C4H10O.C3H6O2/c1-8(2)10-6-4-9(3)5-7-10;1-5-10(4)8-6-7-9(2)3;1-7-5-3-2-4-6-7;1-2-3-4-5;1-3(4)5-2/h4,10H,1,5-7H2,2-3H3;5,7H,1,4,6,8H2,2-3H3;2-6H,1H3;5H,2-4H2,1H3;1-2H3/t10-;;;;/m0..../s1. The Hall–Kier alpha value is -2.65. The van der Waals surface area contributed by atoms with Gasteiger partial charge >= 0.3 is 5.97 Å². The summed E-state index contributed by atoms with van der Waals surface area (Å²) in [6, 6.07) is 10.3. The smallest absolute Gasteiger partial charge is 0.302 e. The van der Waals surface area contributed by atoms with Gasteiger partial charge in [-0.3, -0.25) is 4.79 Å². The molecule has 0 saturated carbocycles. The number of aliphatic hydroxyl groups is 1. The number of benzene rings is 1. The summed E-state index contributed by atoms with van der Waals surface area (Å²) in [7, 11) is 1.35. The van der Waals surface area contributed by atoms with Gasteiger partial charge in [-0.2, -0.15) is 0 Å². The number of carbonyl (C=O) groups excluding carboxylic acids is 1. The molecule has 0 bridgehead atoms. The van der Waals surface area contributed by atoms with Gasteiger partial charge in [0.25, 0.3) is 0 Å². The molecular formula is C34H56O3. The zero-order chi connectivity index (χ0) is 29.1. The highest BCUT2D eigenvalue weighted by molar-refractivity contribution is 5.65. The first kappa shape index (κ1) is 38.9. The largest absolute Gasteiger partial charge is 0.469 e. The van der Waals surface area contributed by atoms with E-state index in [2.05, 4.69) is 90.3 Å². The second-order valence-electron chi connectivity index (χ2n) is 9.48. The maximum atomic E-state index is 9.59. The number of aryl methyl sites for hydroxylation is 1. The lowest BCUT2D eigenvalue weighted by molar-refractivity contribution is -0.137. The molecule has 0 heterocycles. The van der Waals surface area contributed by atoms with Gasteiger partial charge in [-0.25, -0.2) is 0 Å². The van der Waals surface area contributed by atoms with Gasteiger partial charge in [0.1, 0.15) is 0 Å². The molecule has 3 nitrogen and oxygen atoms in total. The number of allylic oxidation sites excluding steroid dienone is 7. The van der Waals surface area contributed by atoms with Crippen LogP contribution in [0.15, 0.2) is 90.6 Å². The lowest BCUT2D eigenvalue weighted by Gasteiger charge is -2.19. The third-order valence-electron chi connectivity index (χ3n) is 5.38. The van der Waals surface area contributed by atoms with Gasteiger partial charge in [-0.1, -0.05) is 109 Å². The average Bonchev–Trinajstić information content (AvgIpc) is 2.86. The van der Waals surface area contributed by atoms with Crippen LogP contribution in [0, 0.1) is 12.8 Å². The van der Waals surface area contributed by atoms with Gasteiger partial charge in [-0.15, -0.1) is 0 Å². The minimum atomic E-state index is -0.245. The van der Waals surface area contributed by atoms with Crippen molar-refractivity contribution in [3.8, 4) is 0 Å². The number of ether oxygens (including phenoxy) is 1. The molecule has 210 valence electrons. The van der Waals surface area contributed by atoms with Crippen molar-refractivity contribution in [2.45, 2.75) is 93.4 Å². The second kappa shape index (κ2) is 27.9. The van der Waals surface area contributed by atoms with Crippen LogP contribution in [0.25, 0.3) is 0 Å². The van der Waals surface area contributed by atoms with Crippen molar-refractivity contribution in [2.24, 2.45) is 5.92 Å². The maximum Gasteiger partial charge on any atom is 0.302 e. The van der Waals surface area contributed by atoms with E-state index >= 15 is 0 Å². The predicted molar refractivity (Wildman–Crippen MR) is 165 cm³/mol. The molecule has 0 aliphatic heterocycles. The van der Waals surface area contributed by atoms with Gasteiger partial charge in [0.15, 0.2) is 0 Å². The first-order valence-electron chi connectivity index (χ1n) is 13.4. The Labute approximate surface area is 229 Å². The third-order valence-corrected chi connectivity index (χ3v) is 5.38. The van der Waals surface area contributed by atoms with E-state index in [0.717, 1.165) is 37.2 Å². The number of rotatable bonds is 7. The Balaban J connectivity index is -0.000000404. The summed E-state index contributed by atoms with van der Waals surface area (Å²) in [6.07, 6.45) is 14.4. The fourth-order valence-electron chi connectivity index (χ4n) is 2.75. The van der Waals surface area contributed by atoms with Crippen molar-refractivity contribution < 1.29 is 14.6 Å². The van der Waals surface area contributed by atoms with E-state index in [1.807, 2.05) is 24.3 Å². The Morgan fingerprint density at radius 2 is 1.68 bits per heavy atom. The lowest BCUT2D eigenvalue weighted by atomic mass is 9.86. The SMILES string of the molecule is C=C(C)[C@H]1CC=C(C)CC1.C=CC(=C)CCC=C(C)C.CCCCO.COC(C)=O.Cc1ccccc1. The van der Waals surface area contributed by atoms with Crippen LogP contribution in [-0.2, 0) is 9.53 Å². The number of esters is 1. The molecule has 1 aliphatic rings. The predicted octanol–water partition coefficient (Wildman–Crippen LogP) is 9.74. The van der Waals surface area contributed by atoms with Crippen molar-refractivity contribution >= 4 is 5.97 Å². The van der Waals surface area contributed by atoms with E-state index in [0.29, 0.717) is 6.61 Å². The van der Waals surface area contributed by atoms with Crippen molar-refractivity contribution in [3.63, 3.8) is 0 Å². The Bertz CT molecular complexity index is 779. The normalized spacial score (nSPS) is 13.0. The molecule has 0 aromatic heterocycles. The molecule has 0 unspecified atom stereocenters. The van der Waals surface area contributed by atoms with Crippen LogP contribution in [0.3, 0.4) is 0 Å². The van der Waals surface area contributed by atoms with Gasteiger partial charge < -0.3 is 9.84 Å². The summed E-state index contributed by atoms with van der Waals surface area (Å²) in [5.41, 5.74) is 6.72. The Kier molecular flexibility index (Phi) is 29.3. The van der Waals surface area contributed by atoms with E-state index in [1.54, 1.807) is 5.57 Å². The zero-order valence-corrected chi connectivity index (χ0v) is 25.2. The first-order chi connectivity index (χ1) is 17.4. The number of hydrogen-bond donors (Lipinski definition) is 1. The number of hydrogen-bond acceptors (Lipinski definition) is 3. The monoisotopic (exact) mass is 512 g/mol. The molecule has 0 radical (unpaired) electrons. The van der Waals surface area contributed by atoms with Crippen molar-refractivity contribution in [1.29, 1.82) is 0 Å². The van der Waals surface area contributed by atoms with Crippen LogP contribution >= 0.6 is 0 Å². The summed E-state index contributed by atoms with van der Waals surface area (Å²) in [5, 5.41) is 8.07. The van der Waals surface area contributed by atoms with E-state index in [-0.39, 0.29) is 5.97 Å². The topological polar surface area (TPSA) is 46.5 Å². The minimum absolute atomic E-state index is 0.245. The van der Waals surface area contributed by atoms with Crippen LogP contribution in [0.2, 0.25) is 0 Å². The van der Waals surface area contributed by atoms with Crippen molar-refractivity contribution in [2.75, 3.05) is 13.7 Å². The zero-order valence-electron chi connectivity index (χ0n) is 25.2. The van der Waals surface area contributed by atoms with Crippen LogP contribution in [0.1, 0.15) is 92.1 Å². The van der Waals surface area contributed by atoms with Gasteiger partial charge in [0, 0.05) is 13.5 Å². The molecule has 3 heteroatoms. The van der Waals surface area contributed by atoms with E-state index < -0.39 is 0 Å². The number of aliphatic hydroxyl groups excluding tert-OH is 1. The number of carbonyl (C=O) groups is 1. The lowest BCUT2D eigenvalue weighted by Crippen LogP contribution is -2.04. The summed E-state index contributed by atoms with van der Waals surface area (Å²) in [5.74, 6) is 0.522. The molecule has 1 atom stereocenters. The van der Waals surface area contributed by atoms with Crippen molar-refractivity contribution in [3.05, 3.63) is 96.2 Å². The molecule has 1 aromatic carbocycles. The molecule has 1 aromatic rings. The van der Waals surface area contributed by atoms with E-state index in [9.17, 15) is 4.79 Å². The second-order valence-corrected chi connectivity index (χ2v) is 9.48. The summed E-state index contributed by atoms with van der Waals surface area (Å²) in [6.45, 7) is 25.8. The molecular weight excluding hydrogens is 456 g/mol. The molecule has 2 rings (SSSR count). The Morgan fingerprint density at radius 3 is 1.95 bits per heavy atom. The van der Waals surface area contributed by atoms with Crippen LogP contribution in [0.5, 0.6) is 0 Å². The highest BCUT2D eigenvalue weighted by Crippen LogP contribution is 2.27. The quantitative estimate of drug-likeness (QED) is 0.225. The van der Waals surface area contributed by atoms with Gasteiger partial charge in [-0.05, 0) is 79.1 Å². The maximum absolute atomic E-state index is 9.59. The summed E-state index contributed by atoms with van der Waals surface area (Å²) in [4.78, 5) is 9.59. The van der Waals surface area contributed by atoms with Crippen LogP contribution in [0.4, 0.5) is 0 Å². The number of methoxy groups -OCH3 is 1. The Morgan fingerprint density at radius 1 is 1.11 bits per heavy atom.